The molecule has 0 bridgehead atoms. The largest absolute Gasteiger partial charge is 0.343 e. The highest BCUT2D eigenvalue weighted by Gasteiger charge is 2.97. The lowest BCUT2D eigenvalue weighted by molar-refractivity contribution is -0.676. The molecule has 7 heteroatoms. The number of rotatable bonds is 1. The Morgan fingerprint density at radius 1 is 1.27 bits per heavy atom. The Labute approximate surface area is 125 Å². The van der Waals surface area contributed by atoms with Crippen LogP contribution in [0.4, 0.5) is 4.39 Å². The summed E-state index contributed by atoms with van der Waals surface area (Å²) in [7, 11) is 0. The molecule has 1 saturated carbocycles. The fourth-order valence-electron chi connectivity index (χ4n) is 4.00. The van der Waals surface area contributed by atoms with Crippen LogP contribution < -0.4 is 10.7 Å². The monoisotopic (exact) mass is 299 g/mol. The predicted molar refractivity (Wildman–Crippen MR) is 70.0 cm³/mol. The van der Waals surface area contributed by atoms with Gasteiger partial charge in [0, 0.05) is 5.92 Å². The number of halogens is 1. The van der Waals surface area contributed by atoms with Crippen molar-refractivity contribution in [3.8, 4) is 12.1 Å². The number of ether oxygens (including phenoxy) is 2. The van der Waals surface area contributed by atoms with E-state index in [9.17, 15) is 14.9 Å². The van der Waals surface area contributed by atoms with Crippen LogP contribution >= 0.6 is 0 Å². The maximum atomic E-state index is 13.6. The first-order valence-corrected chi connectivity index (χ1v) is 6.85. The van der Waals surface area contributed by atoms with Crippen LogP contribution in [0.5, 0.6) is 0 Å². The maximum absolute atomic E-state index is 13.6. The number of fused-ring (bicyclic) bond motifs is 2. The summed E-state index contributed by atoms with van der Waals surface area (Å²) in [4.78, 5) is 2.84. The first kappa shape index (κ1) is 13.2. The van der Waals surface area contributed by atoms with Crippen LogP contribution in [0.3, 0.4) is 0 Å². The van der Waals surface area contributed by atoms with Crippen LogP contribution in [0, 0.1) is 39.3 Å². The minimum absolute atomic E-state index is 0.132. The summed E-state index contributed by atoms with van der Waals surface area (Å²) in [5.41, 5.74) is 3.94. The zero-order valence-corrected chi connectivity index (χ0v) is 11.5. The van der Waals surface area contributed by atoms with Gasteiger partial charge in [0.15, 0.2) is 10.8 Å². The van der Waals surface area contributed by atoms with Crippen molar-refractivity contribution in [3.63, 3.8) is 0 Å². The molecule has 1 aromatic rings. The van der Waals surface area contributed by atoms with Crippen LogP contribution in [0.15, 0.2) is 24.3 Å². The first-order chi connectivity index (χ1) is 10.6. The van der Waals surface area contributed by atoms with E-state index in [0.29, 0.717) is 18.8 Å². The Morgan fingerprint density at radius 3 is 2.59 bits per heavy atom. The van der Waals surface area contributed by atoms with E-state index in [2.05, 4.69) is 17.1 Å². The van der Waals surface area contributed by atoms with Gasteiger partial charge in [-0.05, 0) is 17.7 Å². The van der Waals surface area contributed by atoms with Crippen molar-refractivity contribution in [2.45, 2.75) is 11.8 Å². The van der Waals surface area contributed by atoms with Gasteiger partial charge in [-0.1, -0.05) is 12.1 Å². The summed E-state index contributed by atoms with van der Waals surface area (Å²) in [6.45, 7) is 0.585. The van der Waals surface area contributed by atoms with Gasteiger partial charge in [-0.2, -0.15) is 10.5 Å². The SMILES string of the molecule is N#C[C@@]12C(N)=[NH+]C3(OCCO3)[C@]1(C#N)[C@@H]2c1cccc(F)c1. The fourth-order valence-corrected chi connectivity index (χ4v) is 4.00. The molecule has 1 aliphatic carbocycles. The molecule has 1 saturated heterocycles. The topological polar surface area (TPSA) is 106 Å². The summed E-state index contributed by atoms with van der Waals surface area (Å²) in [5.74, 6) is -2.35. The molecular weight excluding hydrogens is 287 g/mol. The summed E-state index contributed by atoms with van der Waals surface area (Å²) in [6, 6.07) is 10.2. The first-order valence-electron chi connectivity index (χ1n) is 6.85. The molecule has 0 radical (unpaired) electrons. The lowest BCUT2D eigenvalue weighted by Gasteiger charge is -2.23. The lowest BCUT2D eigenvalue weighted by Crippen LogP contribution is -2.89. The average molecular weight is 299 g/mol. The third kappa shape index (κ3) is 1.11. The highest BCUT2D eigenvalue weighted by molar-refractivity contribution is 5.95. The average Bonchev–Trinajstić information content (AvgIpc) is 2.77. The van der Waals surface area contributed by atoms with Crippen molar-refractivity contribution < 1.29 is 18.9 Å². The molecule has 1 aromatic carbocycles. The summed E-state index contributed by atoms with van der Waals surface area (Å²) in [6.07, 6.45) is 0. The third-order valence-electron chi connectivity index (χ3n) is 4.88. The maximum Gasteiger partial charge on any atom is 0.343 e. The molecule has 3 atom stereocenters. The van der Waals surface area contributed by atoms with Crippen molar-refractivity contribution in [1.29, 1.82) is 10.5 Å². The summed E-state index contributed by atoms with van der Waals surface area (Å²) >= 11 is 0. The van der Waals surface area contributed by atoms with Gasteiger partial charge >= 0.3 is 5.91 Å². The molecule has 110 valence electrons. The van der Waals surface area contributed by atoms with E-state index in [-0.39, 0.29) is 5.84 Å². The van der Waals surface area contributed by atoms with Crippen molar-refractivity contribution in [3.05, 3.63) is 35.6 Å². The highest BCUT2D eigenvalue weighted by atomic mass is 19.1. The second-order valence-electron chi connectivity index (χ2n) is 5.68. The second-order valence-corrected chi connectivity index (χ2v) is 5.68. The van der Waals surface area contributed by atoms with Gasteiger partial charge in [-0.3, -0.25) is 5.73 Å². The Morgan fingerprint density at radius 2 is 2.00 bits per heavy atom. The van der Waals surface area contributed by atoms with Gasteiger partial charge < -0.3 is 9.47 Å². The molecule has 22 heavy (non-hydrogen) atoms. The van der Waals surface area contributed by atoms with Crippen LogP contribution in [0.2, 0.25) is 0 Å². The standard InChI is InChI=1S/C15H11FN4O2/c16-10-3-1-2-9(6-10)11-13(7-17)12(19)20-15(14(11,13)8-18)21-4-5-22-15/h1-3,6,11H,4-5H2,(H2,19,20)/p+1/t11-,13-,14-/m1/s1. The minimum Gasteiger partial charge on any atom is -0.311 e. The van der Waals surface area contributed by atoms with Crippen molar-refractivity contribution >= 4 is 5.84 Å². The number of hydrogen-bond donors (Lipinski definition) is 2. The van der Waals surface area contributed by atoms with Gasteiger partial charge in [0.2, 0.25) is 0 Å². The van der Waals surface area contributed by atoms with E-state index < -0.39 is 28.5 Å². The van der Waals surface area contributed by atoms with Gasteiger partial charge in [0.05, 0.1) is 25.4 Å². The van der Waals surface area contributed by atoms with Crippen LogP contribution in [-0.2, 0) is 9.47 Å². The molecule has 6 nitrogen and oxygen atoms in total. The van der Waals surface area contributed by atoms with Gasteiger partial charge in [-0.25, -0.2) is 9.38 Å². The second kappa shape index (κ2) is 3.83. The van der Waals surface area contributed by atoms with Gasteiger partial charge in [0.25, 0.3) is 5.84 Å². The van der Waals surface area contributed by atoms with Crippen LogP contribution in [0.1, 0.15) is 11.5 Å². The third-order valence-corrected chi connectivity index (χ3v) is 4.88. The zero-order chi connectivity index (χ0) is 15.6. The normalized spacial score (nSPS) is 37.2. The Kier molecular flexibility index (Phi) is 2.30. The Bertz CT molecular complexity index is 789. The number of nitrogens with two attached hydrogens (primary N) is 1. The van der Waals surface area contributed by atoms with E-state index in [1.807, 2.05) is 0 Å². The predicted octanol–water partition coefficient (Wildman–Crippen LogP) is -0.905. The molecule has 0 amide bonds. The summed E-state index contributed by atoms with van der Waals surface area (Å²) < 4.78 is 24.8. The number of nitrogens with zero attached hydrogens (tertiary/aromatic N) is 2. The van der Waals surface area contributed by atoms with E-state index in [0.717, 1.165) is 0 Å². The number of amidine groups is 1. The molecular formula is C15H12FN4O2+. The number of nitriles is 2. The summed E-state index contributed by atoms with van der Waals surface area (Å²) in [5, 5.41) is 19.6. The number of benzene rings is 1. The van der Waals surface area contributed by atoms with Crippen LogP contribution in [0.25, 0.3) is 0 Å². The number of nitrogens with one attached hydrogen (secondary N) is 1. The van der Waals surface area contributed by atoms with Crippen molar-refractivity contribution in [1.82, 2.24) is 0 Å². The molecule has 1 spiro atoms. The fraction of sp³-hybridized carbons (Fsp3) is 0.400. The van der Waals surface area contributed by atoms with E-state index in [1.165, 1.54) is 12.1 Å². The van der Waals surface area contributed by atoms with E-state index in [1.54, 1.807) is 12.1 Å². The molecule has 3 N–H and O–H groups in total. The minimum atomic E-state index is -1.45. The van der Waals surface area contributed by atoms with E-state index in [4.69, 9.17) is 15.2 Å². The highest BCUT2D eigenvalue weighted by Crippen LogP contribution is 2.78. The van der Waals surface area contributed by atoms with Gasteiger partial charge in [0.1, 0.15) is 5.82 Å². The van der Waals surface area contributed by atoms with Crippen molar-refractivity contribution in [2.75, 3.05) is 13.2 Å². The molecule has 4 rings (SSSR count). The Hall–Kier alpha value is -2.48. The van der Waals surface area contributed by atoms with E-state index >= 15 is 0 Å². The molecule has 0 aromatic heterocycles. The number of hydrogen-bond acceptors (Lipinski definition) is 5. The smallest absolute Gasteiger partial charge is 0.311 e. The molecule has 2 fully saturated rings. The quantitative estimate of drug-likeness (QED) is 0.698. The van der Waals surface area contributed by atoms with Gasteiger partial charge in [-0.15, -0.1) is 0 Å². The molecule has 0 unspecified atom stereocenters. The molecule has 3 aliphatic rings. The van der Waals surface area contributed by atoms with Crippen LogP contribution in [-0.4, -0.2) is 25.0 Å². The van der Waals surface area contributed by atoms with Crippen molar-refractivity contribution in [2.24, 2.45) is 16.6 Å². The lowest BCUT2D eigenvalue weighted by atomic mass is 9.94. The Balaban J connectivity index is 1.94. The molecule has 2 aliphatic heterocycles. The zero-order valence-electron chi connectivity index (χ0n) is 11.5. The molecule has 2 heterocycles.